The highest BCUT2D eigenvalue weighted by Gasteiger charge is 2.26. The van der Waals surface area contributed by atoms with E-state index >= 15 is 0 Å². The molecular formula is C19H40N4O. The van der Waals surface area contributed by atoms with Gasteiger partial charge in [-0.3, -0.25) is 4.99 Å². The lowest BCUT2D eigenvalue weighted by Crippen LogP contribution is -2.49. The standard InChI is InChI=1S/C19H40N4O/c1-5-12-23-13-9-17(10-14-23)22-18(20-8-4)21-16-19(6-2,7-3)11-15-24/h17,24H,5-16H2,1-4H3,(H2,20,21,22). The molecule has 3 N–H and O–H groups in total. The zero-order valence-corrected chi connectivity index (χ0v) is 16.4. The van der Waals surface area contributed by atoms with Gasteiger partial charge < -0.3 is 20.6 Å². The summed E-state index contributed by atoms with van der Waals surface area (Å²) in [5.41, 5.74) is 0.127. The summed E-state index contributed by atoms with van der Waals surface area (Å²) >= 11 is 0. The third kappa shape index (κ3) is 6.98. The van der Waals surface area contributed by atoms with Gasteiger partial charge in [-0.05, 0) is 57.4 Å². The predicted octanol–water partition coefficient (Wildman–Crippen LogP) is 2.60. The first-order chi connectivity index (χ1) is 11.6. The molecule has 1 saturated heterocycles. The van der Waals surface area contributed by atoms with Gasteiger partial charge in [-0.25, -0.2) is 0 Å². The zero-order chi connectivity index (χ0) is 17.8. The van der Waals surface area contributed by atoms with Gasteiger partial charge in [0, 0.05) is 38.8 Å². The van der Waals surface area contributed by atoms with E-state index in [9.17, 15) is 5.11 Å². The molecule has 0 unspecified atom stereocenters. The summed E-state index contributed by atoms with van der Waals surface area (Å²) in [4.78, 5) is 7.42. The van der Waals surface area contributed by atoms with Gasteiger partial charge in [-0.1, -0.05) is 20.8 Å². The second-order valence-electron chi connectivity index (χ2n) is 7.14. The maximum atomic E-state index is 9.38. The van der Waals surface area contributed by atoms with Crippen molar-refractivity contribution in [3.63, 3.8) is 0 Å². The van der Waals surface area contributed by atoms with E-state index in [1.54, 1.807) is 0 Å². The van der Waals surface area contributed by atoms with Crippen LogP contribution >= 0.6 is 0 Å². The third-order valence-corrected chi connectivity index (χ3v) is 5.53. The van der Waals surface area contributed by atoms with Crippen LogP contribution in [-0.4, -0.2) is 61.3 Å². The van der Waals surface area contributed by atoms with Crippen molar-refractivity contribution in [3.05, 3.63) is 0 Å². The fourth-order valence-electron chi connectivity index (χ4n) is 3.52. The molecule has 1 aliphatic heterocycles. The van der Waals surface area contributed by atoms with Crippen LogP contribution in [0, 0.1) is 5.41 Å². The molecule has 1 fully saturated rings. The highest BCUT2D eigenvalue weighted by molar-refractivity contribution is 5.80. The predicted molar refractivity (Wildman–Crippen MR) is 104 cm³/mol. The molecule has 0 bridgehead atoms. The largest absolute Gasteiger partial charge is 0.396 e. The molecular weight excluding hydrogens is 300 g/mol. The van der Waals surface area contributed by atoms with E-state index in [1.165, 1.54) is 38.9 Å². The maximum absolute atomic E-state index is 9.38. The van der Waals surface area contributed by atoms with Crippen LogP contribution in [0.4, 0.5) is 0 Å². The lowest BCUT2D eigenvalue weighted by atomic mass is 9.79. The number of hydrogen-bond acceptors (Lipinski definition) is 3. The van der Waals surface area contributed by atoms with E-state index in [0.29, 0.717) is 6.04 Å². The second kappa shape index (κ2) is 11.7. The van der Waals surface area contributed by atoms with Gasteiger partial charge in [0.25, 0.3) is 0 Å². The Morgan fingerprint density at radius 3 is 2.33 bits per heavy atom. The molecule has 0 saturated carbocycles. The Balaban J connectivity index is 2.59. The summed E-state index contributed by atoms with van der Waals surface area (Å²) in [6.07, 6.45) is 6.56. The molecule has 0 aromatic heterocycles. The van der Waals surface area contributed by atoms with E-state index in [4.69, 9.17) is 4.99 Å². The van der Waals surface area contributed by atoms with Crippen LogP contribution in [0.3, 0.4) is 0 Å². The van der Waals surface area contributed by atoms with Gasteiger partial charge >= 0.3 is 0 Å². The molecule has 1 rings (SSSR count). The lowest BCUT2D eigenvalue weighted by molar-refractivity contribution is 0.175. The topological polar surface area (TPSA) is 59.9 Å². The van der Waals surface area contributed by atoms with Crippen LogP contribution in [0.15, 0.2) is 4.99 Å². The van der Waals surface area contributed by atoms with Gasteiger partial charge in [0.1, 0.15) is 0 Å². The van der Waals surface area contributed by atoms with Crippen molar-refractivity contribution in [2.75, 3.05) is 39.3 Å². The number of hydrogen-bond donors (Lipinski definition) is 3. The van der Waals surface area contributed by atoms with E-state index < -0.39 is 0 Å². The molecule has 1 aliphatic rings. The van der Waals surface area contributed by atoms with Gasteiger partial charge in [-0.2, -0.15) is 0 Å². The first kappa shape index (κ1) is 21.2. The molecule has 0 aliphatic carbocycles. The van der Waals surface area contributed by atoms with Crippen molar-refractivity contribution in [2.45, 2.75) is 72.3 Å². The number of nitrogens with one attached hydrogen (secondary N) is 2. The number of nitrogens with zero attached hydrogens (tertiary/aromatic N) is 2. The summed E-state index contributed by atoms with van der Waals surface area (Å²) in [7, 11) is 0. The highest BCUT2D eigenvalue weighted by atomic mass is 16.3. The lowest BCUT2D eigenvalue weighted by Gasteiger charge is -2.33. The normalized spacial score (nSPS) is 18.0. The fourth-order valence-corrected chi connectivity index (χ4v) is 3.52. The number of aliphatic hydroxyl groups excluding tert-OH is 1. The average Bonchev–Trinajstić information content (AvgIpc) is 2.60. The summed E-state index contributed by atoms with van der Waals surface area (Å²) < 4.78 is 0. The van der Waals surface area contributed by atoms with Crippen LogP contribution in [0.25, 0.3) is 0 Å². The molecule has 0 spiro atoms. The van der Waals surface area contributed by atoms with Crippen LogP contribution in [0.1, 0.15) is 66.2 Å². The molecule has 0 aromatic carbocycles. The number of likely N-dealkylation sites (tertiary alicyclic amines) is 1. The van der Waals surface area contributed by atoms with Crippen LogP contribution < -0.4 is 10.6 Å². The minimum atomic E-state index is 0.127. The number of aliphatic imine (C=N–C) groups is 1. The Bertz CT molecular complexity index is 347. The minimum absolute atomic E-state index is 0.127. The Labute approximate surface area is 149 Å². The van der Waals surface area contributed by atoms with E-state index in [2.05, 4.69) is 43.2 Å². The summed E-state index contributed by atoms with van der Waals surface area (Å²) in [6.45, 7) is 14.3. The first-order valence-corrected chi connectivity index (χ1v) is 10.0. The van der Waals surface area contributed by atoms with Crippen molar-refractivity contribution in [1.29, 1.82) is 0 Å². The Kier molecular flexibility index (Phi) is 10.3. The van der Waals surface area contributed by atoms with Gasteiger partial charge in [0.2, 0.25) is 0 Å². The van der Waals surface area contributed by atoms with Crippen LogP contribution in [0.5, 0.6) is 0 Å². The molecule has 1 heterocycles. The highest BCUT2D eigenvalue weighted by Crippen LogP contribution is 2.30. The Morgan fingerprint density at radius 1 is 1.17 bits per heavy atom. The Morgan fingerprint density at radius 2 is 1.83 bits per heavy atom. The van der Waals surface area contributed by atoms with Crippen LogP contribution in [0.2, 0.25) is 0 Å². The Hall–Kier alpha value is -0.810. The van der Waals surface area contributed by atoms with Crippen molar-refractivity contribution in [2.24, 2.45) is 10.4 Å². The van der Waals surface area contributed by atoms with Crippen LogP contribution in [-0.2, 0) is 0 Å². The molecule has 0 aromatic rings. The van der Waals surface area contributed by atoms with Gasteiger partial charge in [0.05, 0.1) is 0 Å². The van der Waals surface area contributed by atoms with E-state index in [0.717, 1.165) is 38.3 Å². The zero-order valence-electron chi connectivity index (χ0n) is 16.4. The third-order valence-electron chi connectivity index (χ3n) is 5.53. The monoisotopic (exact) mass is 340 g/mol. The molecule has 5 nitrogen and oxygen atoms in total. The van der Waals surface area contributed by atoms with E-state index in [-0.39, 0.29) is 12.0 Å². The first-order valence-electron chi connectivity index (χ1n) is 10.0. The molecule has 5 heteroatoms. The molecule has 0 amide bonds. The molecule has 0 radical (unpaired) electrons. The summed E-state index contributed by atoms with van der Waals surface area (Å²) in [6, 6.07) is 0.520. The maximum Gasteiger partial charge on any atom is 0.191 e. The molecule has 24 heavy (non-hydrogen) atoms. The van der Waals surface area contributed by atoms with Crippen molar-refractivity contribution < 1.29 is 5.11 Å². The second-order valence-corrected chi connectivity index (χ2v) is 7.14. The van der Waals surface area contributed by atoms with Crippen molar-refractivity contribution in [3.8, 4) is 0 Å². The van der Waals surface area contributed by atoms with Gasteiger partial charge in [-0.15, -0.1) is 0 Å². The quantitative estimate of drug-likeness (QED) is 0.423. The van der Waals surface area contributed by atoms with Crippen molar-refractivity contribution in [1.82, 2.24) is 15.5 Å². The summed E-state index contributed by atoms with van der Waals surface area (Å²) in [5, 5.41) is 16.4. The average molecular weight is 341 g/mol. The van der Waals surface area contributed by atoms with Gasteiger partial charge in [0.15, 0.2) is 5.96 Å². The smallest absolute Gasteiger partial charge is 0.191 e. The van der Waals surface area contributed by atoms with E-state index in [1.807, 2.05) is 0 Å². The number of rotatable bonds is 10. The van der Waals surface area contributed by atoms with Crippen molar-refractivity contribution >= 4 is 5.96 Å². The number of piperidine rings is 1. The molecule has 0 atom stereocenters. The SMILES string of the molecule is CCCN1CCC(NC(=NCC(CC)(CC)CCO)NCC)CC1. The minimum Gasteiger partial charge on any atom is -0.396 e. The fraction of sp³-hybridized carbons (Fsp3) is 0.947. The number of guanidine groups is 1. The summed E-state index contributed by atoms with van der Waals surface area (Å²) in [5.74, 6) is 0.940. The number of aliphatic hydroxyl groups is 1. The molecule has 142 valence electrons.